The Morgan fingerprint density at radius 1 is 1.55 bits per heavy atom. The Balaban J connectivity index is 2.04. The topological polar surface area (TPSA) is 71.1 Å². The number of nitrogens with two attached hydrogens (primary N) is 1. The number of likely N-dealkylation sites (N-methyl/N-ethyl adjacent to an activating group) is 1. The molecule has 1 atom stereocenters. The van der Waals surface area contributed by atoms with E-state index in [1.807, 2.05) is 31.3 Å². The zero-order chi connectivity index (χ0) is 14.8. The van der Waals surface area contributed by atoms with E-state index in [9.17, 15) is 0 Å². The van der Waals surface area contributed by atoms with Crippen LogP contribution in [0.2, 0.25) is 0 Å². The first-order valence-corrected chi connectivity index (χ1v) is 6.88. The fourth-order valence-corrected chi connectivity index (χ4v) is 2.58. The van der Waals surface area contributed by atoms with Crippen LogP contribution in [0.4, 0.5) is 5.69 Å². The summed E-state index contributed by atoms with van der Waals surface area (Å²) < 4.78 is 6.01. The third kappa shape index (κ3) is 3.42. The molecule has 1 heterocycles. The van der Waals surface area contributed by atoms with Gasteiger partial charge in [-0.3, -0.25) is 0 Å². The Kier molecular flexibility index (Phi) is 4.18. The van der Waals surface area contributed by atoms with Crippen LogP contribution in [0.15, 0.2) is 29.4 Å². The average Bonchev–Trinajstić information content (AvgIpc) is 2.77. The van der Waals surface area contributed by atoms with Crippen molar-refractivity contribution in [2.75, 3.05) is 18.5 Å². The van der Waals surface area contributed by atoms with Crippen LogP contribution in [0.5, 0.6) is 0 Å². The summed E-state index contributed by atoms with van der Waals surface area (Å²) >= 11 is 0. The minimum absolute atomic E-state index is 0.0126. The predicted molar refractivity (Wildman–Crippen MR) is 80.4 cm³/mol. The molecule has 5 nitrogen and oxygen atoms in total. The molecule has 0 saturated carbocycles. The van der Waals surface area contributed by atoms with Crippen LogP contribution >= 0.6 is 0 Å². The summed E-state index contributed by atoms with van der Waals surface area (Å²) in [6, 6.07) is 7.64. The highest BCUT2D eigenvalue weighted by atomic mass is 16.5. The molecule has 2 rings (SSSR count). The Bertz CT molecular complexity index is 500. The Morgan fingerprint density at radius 2 is 2.30 bits per heavy atom. The fourth-order valence-electron chi connectivity index (χ4n) is 2.58. The number of hydrogen-bond donors (Lipinski definition) is 2. The molecule has 0 spiro atoms. The molecule has 1 saturated heterocycles. The standard InChI is InChI=1S/C15H23N3O2/c1-15(2)8-7-13(20-15)10-18(3)12-6-4-5-11(9-12)14(16)17-19/h4-6,9,13,19H,7-8,10H2,1-3H3,(H2,16,17). The summed E-state index contributed by atoms with van der Waals surface area (Å²) in [7, 11) is 2.03. The summed E-state index contributed by atoms with van der Waals surface area (Å²) in [5, 5.41) is 11.8. The maximum Gasteiger partial charge on any atom is 0.170 e. The predicted octanol–water partition coefficient (Wildman–Crippen LogP) is 2.17. The van der Waals surface area contributed by atoms with Gasteiger partial charge in [-0.25, -0.2) is 0 Å². The lowest BCUT2D eigenvalue weighted by Crippen LogP contribution is -2.31. The number of anilines is 1. The quantitative estimate of drug-likeness (QED) is 0.383. The lowest BCUT2D eigenvalue weighted by Gasteiger charge is -2.25. The van der Waals surface area contributed by atoms with Gasteiger partial charge in [-0.15, -0.1) is 0 Å². The fraction of sp³-hybridized carbons (Fsp3) is 0.533. The van der Waals surface area contributed by atoms with Crippen molar-refractivity contribution in [2.45, 2.75) is 38.4 Å². The zero-order valence-corrected chi connectivity index (χ0v) is 12.3. The van der Waals surface area contributed by atoms with Gasteiger partial charge in [-0.2, -0.15) is 0 Å². The second-order valence-corrected chi connectivity index (χ2v) is 5.95. The minimum atomic E-state index is -0.0126. The third-order valence-electron chi connectivity index (χ3n) is 3.72. The van der Waals surface area contributed by atoms with Gasteiger partial charge in [0.05, 0.1) is 11.7 Å². The van der Waals surface area contributed by atoms with Crippen molar-refractivity contribution in [1.29, 1.82) is 0 Å². The van der Waals surface area contributed by atoms with Gasteiger partial charge >= 0.3 is 0 Å². The van der Waals surface area contributed by atoms with E-state index in [4.69, 9.17) is 15.7 Å². The molecule has 0 radical (unpaired) electrons. The monoisotopic (exact) mass is 277 g/mol. The summed E-state index contributed by atoms with van der Waals surface area (Å²) in [6.07, 6.45) is 2.43. The van der Waals surface area contributed by atoms with E-state index in [2.05, 4.69) is 23.9 Å². The van der Waals surface area contributed by atoms with Crippen LogP contribution in [0.3, 0.4) is 0 Å². The van der Waals surface area contributed by atoms with E-state index >= 15 is 0 Å². The lowest BCUT2D eigenvalue weighted by molar-refractivity contribution is -0.0111. The molecular weight excluding hydrogens is 254 g/mol. The summed E-state index contributed by atoms with van der Waals surface area (Å²) in [6.45, 7) is 5.10. The van der Waals surface area contributed by atoms with E-state index < -0.39 is 0 Å². The Hall–Kier alpha value is -1.75. The van der Waals surface area contributed by atoms with Gasteiger partial charge in [-0.05, 0) is 38.8 Å². The second kappa shape index (κ2) is 5.71. The van der Waals surface area contributed by atoms with Gasteiger partial charge in [0.25, 0.3) is 0 Å². The maximum absolute atomic E-state index is 8.73. The van der Waals surface area contributed by atoms with E-state index in [1.54, 1.807) is 0 Å². The lowest BCUT2D eigenvalue weighted by atomic mass is 10.1. The molecule has 1 aromatic carbocycles. The smallest absolute Gasteiger partial charge is 0.170 e. The van der Waals surface area contributed by atoms with Crippen molar-refractivity contribution in [1.82, 2.24) is 0 Å². The minimum Gasteiger partial charge on any atom is -0.409 e. The van der Waals surface area contributed by atoms with Crippen LogP contribution in [-0.2, 0) is 4.74 Å². The van der Waals surface area contributed by atoms with Crippen LogP contribution in [0.1, 0.15) is 32.3 Å². The number of hydrogen-bond acceptors (Lipinski definition) is 4. The number of oxime groups is 1. The molecule has 1 unspecified atom stereocenters. The first-order chi connectivity index (χ1) is 9.41. The molecule has 1 fully saturated rings. The Labute approximate surface area is 120 Å². The number of rotatable bonds is 4. The van der Waals surface area contributed by atoms with Crippen molar-refractivity contribution >= 4 is 11.5 Å². The van der Waals surface area contributed by atoms with E-state index in [1.165, 1.54) is 0 Å². The zero-order valence-electron chi connectivity index (χ0n) is 12.3. The van der Waals surface area contributed by atoms with Gasteiger partial charge in [0, 0.05) is 24.8 Å². The molecule has 1 aliphatic heterocycles. The van der Waals surface area contributed by atoms with Crippen molar-refractivity contribution in [3.05, 3.63) is 29.8 Å². The molecule has 1 aliphatic rings. The first kappa shape index (κ1) is 14.7. The molecule has 5 heteroatoms. The van der Waals surface area contributed by atoms with E-state index in [0.717, 1.165) is 25.1 Å². The average molecular weight is 277 g/mol. The molecule has 0 aliphatic carbocycles. The van der Waals surface area contributed by atoms with Gasteiger partial charge < -0.3 is 20.6 Å². The molecule has 0 bridgehead atoms. The molecular formula is C15H23N3O2. The van der Waals surface area contributed by atoms with Gasteiger partial charge in [-0.1, -0.05) is 17.3 Å². The molecule has 3 N–H and O–H groups in total. The van der Waals surface area contributed by atoms with E-state index in [0.29, 0.717) is 5.56 Å². The van der Waals surface area contributed by atoms with Crippen LogP contribution < -0.4 is 10.6 Å². The number of benzene rings is 1. The van der Waals surface area contributed by atoms with Crippen molar-refractivity contribution < 1.29 is 9.94 Å². The van der Waals surface area contributed by atoms with E-state index in [-0.39, 0.29) is 17.5 Å². The number of nitrogens with zero attached hydrogens (tertiary/aromatic N) is 2. The first-order valence-electron chi connectivity index (χ1n) is 6.88. The van der Waals surface area contributed by atoms with Crippen LogP contribution in [0, 0.1) is 0 Å². The van der Waals surface area contributed by atoms with Crippen LogP contribution in [-0.4, -0.2) is 36.3 Å². The summed E-state index contributed by atoms with van der Waals surface area (Å²) in [5.74, 6) is 0.124. The highest BCUT2D eigenvalue weighted by Gasteiger charge is 2.32. The molecule has 20 heavy (non-hydrogen) atoms. The van der Waals surface area contributed by atoms with Crippen molar-refractivity contribution in [3.8, 4) is 0 Å². The van der Waals surface area contributed by atoms with Crippen molar-refractivity contribution in [3.63, 3.8) is 0 Å². The van der Waals surface area contributed by atoms with Gasteiger partial charge in [0.15, 0.2) is 5.84 Å². The van der Waals surface area contributed by atoms with Crippen molar-refractivity contribution in [2.24, 2.45) is 10.9 Å². The molecule has 0 amide bonds. The highest BCUT2D eigenvalue weighted by Crippen LogP contribution is 2.30. The maximum atomic E-state index is 8.73. The summed E-state index contributed by atoms with van der Waals surface area (Å²) in [4.78, 5) is 2.14. The largest absolute Gasteiger partial charge is 0.409 e. The van der Waals surface area contributed by atoms with Crippen LogP contribution in [0.25, 0.3) is 0 Å². The molecule has 110 valence electrons. The van der Waals surface area contributed by atoms with Gasteiger partial charge in [0.2, 0.25) is 0 Å². The Morgan fingerprint density at radius 3 is 2.90 bits per heavy atom. The SMILES string of the molecule is CN(CC1CCC(C)(C)O1)c1cccc(/C(N)=N/O)c1. The number of ether oxygens (including phenoxy) is 1. The van der Waals surface area contributed by atoms with Gasteiger partial charge in [0.1, 0.15) is 0 Å². The summed E-state index contributed by atoms with van der Waals surface area (Å²) in [5.41, 5.74) is 7.35. The second-order valence-electron chi connectivity index (χ2n) is 5.95. The third-order valence-corrected chi connectivity index (χ3v) is 3.72. The highest BCUT2D eigenvalue weighted by molar-refractivity contribution is 5.97. The molecule has 1 aromatic rings. The molecule has 0 aromatic heterocycles. The number of amidine groups is 1. The normalized spacial score (nSPS) is 21.9.